The van der Waals surface area contributed by atoms with Gasteiger partial charge in [0.15, 0.2) is 5.17 Å². The van der Waals surface area contributed by atoms with Crippen LogP contribution in [0.25, 0.3) is 0 Å². The molecule has 2 aromatic rings. The second-order valence-electron chi connectivity index (χ2n) is 8.61. The van der Waals surface area contributed by atoms with Crippen molar-refractivity contribution >= 4 is 46.2 Å². The standard InChI is InChI=1S/C23H28ClN3OS.C4H4O4/c24-19-7-9-21(10-8-19)28-16-4-3-13-27-14-11-20(12-15-27)25-23-26-22-6-2-1-5-18(22)17-29-23;5-3(6)1-2-4(7)8/h1-2,5-10,20H,3-4,11-17H2,(H,25,26);1-2H,(H,5,6)(H,7,8). The summed E-state index contributed by atoms with van der Waals surface area (Å²) in [7, 11) is 0. The highest BCUT2D eigenvalue weighted by atomic mass is 35.5. The molecular formula is C27H32ClN3O5S. The molecular weight excluding hydrogens is 514 g/mol. The first kappa shape index (κ1) is 28.6. The maximum absolute atomic E-state index is 9.55. The molecule has 0 unspecified atom stereocenters. The Labute approximate surface area is 226 Å². The topological polar surface area (TPSA) is 111 Å². The number of thioether (sulfide) groups is 1. The number of benzene rings is 2. The highest BCUT2D eigenvalue weighted by molar-refractivity contribution is 8.13. The molecule has 37 heavy (non-hydrogen) atoms. The lowest BCUT2D eigenvalue weighted by Gasteiger charge is -2.33. The van der Waals surface area contributed by atoms with Crippen LogP contribution in [-0.4, -0.2) is 64.5 Å². The van der Waals surface area contributed by atoms with Gasteiger partial charge in [0.1, 0.15) is 5.75 Å². The summed E-state index contributed by atoms with van der Waals surface area (Å²) in [5.41, 5.74) is 2.45. The summed E-state index contributed by atoms with van der Waals surface area (Å²) in [6.07, 6.45) is 5.73. The van der Waals surface area contributed by atoms with Crippen LogP contribution >= 0.6 is 23.4 Å². The minimum atomic E-state index is -1.26. The molecule has 2 aliphatic rings. The molecule has 0 amide bonds. The molecule has 2 aromatic carbocycles. The van der Waals surface area contributed by atoms with Gasteiger partial charge in [-0.25, -0.2) is 14.6 Å². The van der Waals surface area contributed by atoms with Crippen LogP contribution in [0.4, 0.5) is 5.69 Å². The molecule has 1 saturated heterocycles. The SMILES string of the molecule is Clc1ccc(OCCCCN2CCC(NC3=Nc4ccccc4CS3)CC2)cc1.O=C(O)C=CC(=O)O. The number of fused-ring (bicyclic) bond motifs is 1. The Kier molecular flexibility index (Phi) is 11.8. The molecule has 0 spiro atoms. The first-order chi connectivity index (χ1) is 17.9. The number of piperidine rings is 1. The fourth-order valence-corrected chi connectivity index (χ4v) is 4.96. The Hall–Kier alpha value is -3.01. The van der Waals surface area contributed by atoms with E-state index in [-0.39, 0.29) is 0 Å². The summed E-state index contributed by atoms with van der Waals surface area (Å²) in [4.78, 5) is 26.5. The Balaban J connectivity index is 0.000000414. The van der Waals surface area contributed by atoms with Crippen LogP contribution in [0, 0.1) is 0 Å². The highest BCUT2D eigenvalue weighted by Crippen LogP contribution is 2.30. The van der Waals surface area contributed by atoms with Crippen molar-refractivity contribution in [3.63, 3.8) is 0 Å². The highest BCUT2D eigenvalue weighted by Gasteiger charge is 2.21. The average Bonchev–Trinajstić information content (AvgIpc) is 2.90. The third kappa shape index (κ3) is 10.9. The zero-order valence-electron chi connectivity index (χ0n) is 20.5. The Bertz CT molecular complexity index is 1070. The van der Waals surface area contributed by atoms with Gasteiger partial charge < -0.3 is 25.2 Å². The molecule has 0 atom stereocenters. The molecule has 10 heteroatoms. The zero-order chi connectivity index (χ0) is 26.5. The van der Waals surface area contributed by atoms with Crippen molar-refractivity contribution in [2.75, 3.05) is 26.2 Å². The number of likely N-dealkylation sites (tertiary alicyclic amines) is 1. The van der Waals surface area contributed by atoms with E-state index in [9.17, 15) is 9.59 Å². The van der Waals surface area contributed by atoms with E-state index in [1.165, 1.54) is 24.8 Å². The van der Waals surface area contributed by atoms with Crippen molar-refractivity contribution in [2.24, 2.45) is 4.99 Å². The molecule has 0 aromatic heterocycles. The third-order valence-corrected chi connectivity index (χ3v) is 7.00. The molecule has 3 N–H and O–H groups in total. The van der Waals surface area contributed by atoms with Crippen LogP contribution in [0.3, 0.4) is 0 Å². The number of aliphatic imine (C=N–C) groups is 1. The van der Waals surface area contributed by atoms with Gasteiger partial charge in [-0.15, -0.1) is 0 Å². The van der Waals surface area contributed by atoms with Crippen molar-refractivity contribution in [2.45, 2.75) is 37.5 Å². The summed E-state index contributed by atoms with van der Waals surface area (Å²) in [6, 6.07) is 16.5. The van der Waals surface area contributed by atoms with E-state index in [2.05, 4.69) is 34.5 Å². The number of rotatable bonds is 9. The number of halogens is 1. The third-order valence-electron chi connectivity index (χ3n) is 5.81. The summed E-state index contributed by atoms with van der Waals surface area (Å²) < 4.78 is 5.77. The summed E-state index contributed by atoms with van der Waals surface area (Å²) >= 11 is 7.72. The molecule has 0 saturated carbocycles. The molecule has 2 aliphatic heterocycles. The van der Waals surface area contributed by atoms with E-state index >= 15 is 0 Å². The van der Waals surface area contributed by atoms with Crippen LogP contribution in [0.2, 0.25) is 5.02 Å². The van der Waals surface area contributed by atoms with E-state index in [1.807, 2.05) is 36.0 Å². The summed E-state index contributed by atoms with van der Waals surface area (Å²) in [5, 5.41) is 21.1. The number of ether oxygens (including phenoxy) is 1. The van der Waals surface area contributed by atoms with Crippen LogP contribution in [0.15, 0.2) is 65.7 Å². The number of nitrogens with one attached hydrogen (secondary N) is 1. The van der Waals surface area contributed by atoms with Gasteiger partial charge in [-0.1, -0.05) is 41.6 Å². The lowest BCUT2D eigenvalue weighted by atomic mass is 10.1. The molecule has 198 valence electrons. The predicted molar refractivity (Wildman–Crippen MR) is 148 cm³/mol. The molecule has 0 radical (unpaired) electrons. The van der Waals surface area contributed by atoms with E-state index in [4.69, 9.17) is 31.5 Å². The number of carboxylic acid groups (broad SMARTS) is 2. The first-order valence-corrected chi connectivity index (χ1v) is 13.6. The van der Waals surface area contributed by atoms with Crippen molar-refractivity contribution < 1.29 is 24.5 Å². The van der Waals surface area contributed by atoms with Crippen molar-refractivity contribution in [1.29, 1.82) is 0 Å². The number of unbranched alkanes of at least 4 members (excludes halogenated alkanes) is 1. The van der Waals surface area contributed by atoms with Gasteiger partial charge in [-0.3, -0.25) is 0 Å². The van der Waals surface area contributed by atoms with Crippen LogP contribution in [-0.2, 0) is 15.3 Å². The monoisotopic (exact) mass is 545 g/mol. The molecule has 2 heterocycles. The molecule has 1 fully saturated rings. The van der Waals surface area contributed by atoms with Crippen LogP contribution in [0.5, 0.6) is 5.75 Å². The van der Waals surface area contributed by atoms with Gasteiger partial charge in [0.25, 0.3) is 0 Å². The fourth-order valence-electron chi connectivity index (χ4n) is 3.88. The van der Waals surface area contributed by atoms with Crippen LogP contribution < -0.4 is 10.1 Å². The number of nitrogens with zero attached hydrogens (tertiary/aromatic N) is 2. The second-order valence-corrected chi connectivity index (χ2v) is 10.0. The smallest absolute Gasteiger partial charge is 0.328 e. The molecule has 0 bridgehead atoms. The van der Waals surface area contributed by atoms with Gasteiger partial charge in [-0.2, -0.15) is 0 Å². The van der Waals surface area contributed by atoms with E-state index in [0.717, 1.165) is 60.0 Å². The van der Waals surface area contributed by atoms with Crippen LogP contribution in [0.1, 0.15) is 31.2 Å². The van der Waals surface area contributed by atoms with Gasteiger partial charge in [0.05, 0.1) is 12.3 Å². The van der Waals surface area contributed by atoms with Crippen molar-refractivity contribution in [3.05, 3.63) is 71.3 Å². The number of aliphatic carboxylic acids is 2. The number of para-hydroxylation sites is 1. The van der Waals surface area contributed by atoms with Gasteiger partial charge in [0.2, 0.25) is 0 Å². The summed E-state index contributed by atoms with van der Waals surface area (Å²) in [5.74, 6) is -0.605. The number of carbonyl (C=O) groups is 2. The largest absolute Gasteiger partial charge is 0.494 e. The minimum Gasteiger partial charge on any atom is -0.494 e. The van der Waals surface area contributed by atoms with Gasteiger partial charge in [-0.05, 0) is 68.1 Å². The maximum atomic E-state index is 9.55. The quantitative estimate of drug-likeness (QED) is 0.291. The zero-order valence-corrected chi connectivity index (χ0v) is 22.1. The normalized spacial score (nSPS) is 15.8. The van der Waals surface area contributed by atoms with E-state index < -0.39 is 11.9 Å². The van der Waals surface area contributed by atoms with E-state index in [0.29, 0.717) is 18.2 Å². The lowest BCUT2D eigenvalue weighted by Crippen LogP contribution is -2.44. The lowest BCUT2D eigenvalue weighted by molar-refractivity contribution is -0.134. The number of hydrogen-bond acceptors (Lipinski definition) is 7. The summed E-state index contributed by atoms with van der Waals surface area (Å²) in [6.45, 7) is 4.23. The van der Waals surface area contributed by atoms with E-state index in [1.54, 1.807) is 0 Å². The first-order valence-electron chi connectivity index (χ1n) is 12.2. The number of amidine groups is 1. The molecule has 8 nitrogen and oxygen atoms in total. The van der Waals surface area contributed by atoms with Gasteiger partial charge in [0, 0.05) is 42.1 Å². The number of hydrogen-bond donors (Lipinski definition) is 3. The molecule has 4 rings (SSSR count). The van der Waals surface area contributed by atoms with Crippen molar-refractivity contribution in [3.8, 4) is 5.75 Å². The van der Waals surface area contributed by atoms with Gasteiger partial charge >= 0.3 is 11.9 Å². The molecule has 0 aliphatic carbocycles. The minimum absolute atomic E-state index is 0.538. The Morgan fingerprint density at radius 3 is 2.41 bits per heavy atom. The second kappa shape index (κ2) is 15.3. The Morgan fingerprint density at radius 1 is 1.05 bits per heavy atom. The fraction of sp³-hybridized carbons (Fsp3) is 0.370. The maximum Gasteiger partial charge on any atom is 0.328 e. The predicted octanol–water partition coefficient (Wildman–Crippen LogP) is 5.20. The van der Waals surface area contributed by atoms with Crippen molar-refractivity contribution in [1.82, 2.24) is 10.2 Å². The Morgan fingerprint density at radius 2 is 1.73 bits per heavy atom. The average molecular weight is 546 g/mol. The number of carboxylic acids is 2.